The molecule has 0 spiro atoms. The average molecular weight is 280 g/mol. The summed E-state index contributed by atoms with van der Waals surface area (Å²) < 4.78 is 1.49. The van der Waals surface area contributed by atoms with Gasteiger partial charge < -0.3 is 19.7 Å². The van der Waals surface area contributed by atoms with Crippen LogP contribution in [0.3, 0.4) is 0 Å². The minimum absolute atomic E-state index is 0.0530. The number of likely N-dealkylation sites (tertiary alicyclic amines) is 1. The van der Waals surface area contributed by atoms with Gasteiger partial charge in [0.15, 0.2) is 0 Å². The number of hydrogen-bond donors (Lipinski definition) is 2. The largest absolute Gasteiger partial charge is 0.396 e. The van der Waals surface area contributed by atoms with E-state index in [0.29, 0.717) is 19.5 Å². The standard InChI is InChI=1S/C14H20N2O4/c17-10-11-4-7-16(9-12(11)18)14(20)5-8-15-6-2-1-3-13(15)19/h1-3,6,11-12,17-18H,4-5,7-10H2/t11-,12-/m1/s1. The van der Waals surface area contributed by atoms with Crippen molar-refractivity contribution in [3.05, 3.63) is 34.7 Å². The number of hydrogen-bond acceptors (Lipinski definition) is 4. The molecule has 6 nitrogen and oxygen atoms in total. The van der Waals surface area contributed by atoms with E-state index in [-0.39, 0.29) is 37.0 Å². The molecular formula is C14H20N2O4. The fourth-order valence-corrected chi connectivity index (χ4v) is 2.44. The van der Waals surface area contributed by atoms with Crippen molar-refractivity contribution in [1.29, 1.82) is 0 Å². The maximum atomic E-state index is 12.1. The lowest BCUT2D eigenvalue weighted by Gasteiger charge is -2.35. The Bertz CT molecular complexity index is 514. The van der Waals surface area contributed by atoms with Gasteiger partial charge in [0.1, 0.15) is 0 Å². The van der Waals surface area contributed by atoms with Gasteiger partial charge in [-0.2, -0.15) is 0 Å². The predicted molar refractivity (Wildman–Crippen MR) is 73.1 cm³/mol. The number of aliphatic hydroxyl groups is 2. The van der Waals surface area contributed by atoms with Crippen LogP contribution in [-0.2, 0) is 11.3 Å². The predicted octanol–water partition coefficient (Wildman–Crippen LogP) is -0.560. The Morgan fingerprint density at radius 1 is 1.40 bits per heavy atom. The Morgan fingerprint density at radius 2 is 2.20 bits per heavy atom. The van der Waals surface area contributed by atoms with Crippen LogP contribution in [0.25, 0.3) is 0 Å². The minimum atomic E-state index is -0.669. The first-order chi connectivity index (χ1) is 9.61. The van der Waals surface area contributed by atoms with Gasteiger partial charge >= 0.3 is 0 Å². The highest BCUT2D eigenvalue weighted by Gasteiger charge is 2.29. The molecule has 110 valence electrons. The molecule has 0 saturated carbocycles. The SMILES string of the molecule is O=C(CCn1ccccc1=O)N1CC[C@H](CO)[C@H](O)C1. The number of amides is 1. The van der Waals surface area contributed by atoms with Gasteiger partial charge in [-0.25, -0.2) is 0 Å². The van der Waals surface area contributed by atoms with Crippen LogP contribution in [0.5, 0.6) is 0 Å². The molecule has 1 aromatic rings. The molecule has 2 rings (SSSR count). The third kappa shape index (κ3) is 3.46. The summed E-state index contributed by atoms with van der Waals surface area (Å²) in [7, 11) is 0. The molecule has 1 saturated heterocycles. The highest BCUT2D eigenvalue weighted by Crippen LogP contribution is 2.17. The lowest BCUT2D eigenvalue weighted by atomic mass is 9.94. The monoisotopic (exact) mass is 280 g/mol. The summed E-state index contributed by atoms with van der Waals surface area (Å²) in [6.45, 7) is 1.09. The molecule has 1 aromatic heterocycles. The van der Waals surface area contributed by atoms with E-state index < -0.39 is 6.10 Å². The first-order valence-corrected chi connectivity index (χ1v) is 6.84. The zero-order valence-electron chi connectivity index (χ0n) is 11.3. The van der Waals surface area contributed by atoms with E-state index in [4.69, 9.17) is 5.11 Å². The van der Waals surface area contributed by atoms with Crippen molar-refractivity contribution in [2.24, 2.45) is 5.92 Å². The maximum absolute atomic E-state index is 12.1. The second-order valence-corrected chi connectivity index (χ2v) is 5.12. The summed E-state index contributed by atoms with van der Waals surface area (Å²) in [6.07, 6.45) is 1.83. The van der Waals surface area contributed by atoms with Gasteiger partial charge in [0.25, 0.3) is 5.56 Å². The number of pyridine rings is 1. The molecule has 2 N–H and O–H groups in total. The van der Waals surface area contributed by atoms with Crippen LogP contribution in [0.2, 0.25) is 0 Å². The number of aryl methyl sites for hydroxylation is 1. The average Bonchev–Trinajstić information content (AvgIpc) is 2.46. The van der Waals surface area contributed by atoms with Crippen LogP contribution in [0.4, 0.5) is 0 Å². The number of nitrogens with zero attached hydrogens (tertiary/aromatic N) is 2. The highest BCUT2D eigenvalue weighted by atomic mass is 16.3. The van der Waals surface area contributed by atoms with Crippen molar-refractivity contribution in [3.63, 3.8) is 0 Å². The third-order valence-corrected chi connectivity index (χ3v) is 3.77. The maximum Gasteiger partial charge on any atom is 0.250 e. The van der Waals surface area contributed by atoms with Gasteiger partial charge in [0.2, 0.25) is 5.91 Å². The topological polar surface area (TPSA) is 82.8 Å². The molecule has 0 aliphatic carbocycles. The number of carbonyl (C=O) groups excluding carboxylic acids is 1. The fourth-order valence-electron chi connectivity index (χ4n) is 2.44. The Morgan fingerprint density at radius 3 is 2.85 bits per heavy atom. The molecule has 2 atom stereocenters. The lowest BCUT2D eigenvalue weighted by molar-refractivity contribution is -0.136. The smallest absolute Gasteiger partial charge is 0.250 e. The second kappa shape index (κ2) is 6.67. The minimum Gasteiger partial charge on any atom is -0.396 e. The van der Waals surface area contributed by atoms with Crippen LogP contribution in [0.15, 0.2) is 29.2 Å². The summed E-state index contributed by atoms with van der Waals surface area (Å²) in [5, 5.41) is 18.9. The molecule has 1 amide bonds. The molecular weight excluding hydrogens is 260 g/mol. The first kappa shape index (κ1) is 14.7. The van der Waals surface area contributed by atoms with E-state index >= 15 is 0 Å². The van der Waals surface area contributed by atoms with Crippen molar-refractivity contribution in [2.45, 2.75) is 25.5 Å². The molecule has 0 radical (unpaired) electrons. The van der Waals surface area contributed by atoms with E-state index in [1.165, 1.54) is 10.6 Å². The molecule has 0 bridgehead atoms. The summed E-state index contributed by atoms with van der Waals surface area (Å²) in [4.78, 5) is 25.2. The van der Waals surface area contributed by atoms with Crippen LogP contribution in [-0.4, -0.2) is 51.4 Å². The number of aliphatic hydroxyl groups excluding tert-OH is 2. The molecule has 6 heteroatoms. The van der Waals surface area contributed by atoms with E-state index in [2.05, 4.69) is 0 Å². The van der Waals surface area contributed by atoms with Crippen molar-refractivity contribution >= 4 is 5.91 Å². The molecule has 1 fully saturated rings. The fraction of sp³-hybridized carbons (Fsp3) is 0.571. The molecule has 1 aliphatic heterocycles. The van der Waals surface area contributed by atoms with Gasteiger partial charge in [-0.15, -0.1) is 0 Å². The van der Waals surface area contributed by atoms with Crippen molar-refractivity contribution in [1.82, 2.24) is 9.47 Å². The quantitative estimate of drug-likeness (QED) is 0.774. The van der Waals surface area contributed by atoms with Gasteiger partial charge in [-0.05, 0) is 12.5 Å². The second-order valence-electron chi connectivity index (χ2n) is 5.12. The zero-order valence-corrected chi connectivity index (χ0v) is 11.3. The van der Waals surface area contributed by atoms with Crippen LogP contribution >= 0.6 is 0 Å². The zero-order chi connectivity index (χ0) is 14.5. The van der Waals surface area contributed by atoms with Gasteiger partial charge in [0, 0.05) is 50.8 Å². The number of aromatic nitrogens is 1. The molecule has 20 heavy (non-hydrogen) atoms. The van der Waals surface area contributed by atoms with Crippen LogP contribution in [0, 0.1) is 5.92 Å². The van der Waals surface area contributed by atoms with Crippen molar-refractivity contribution in [2.75, 3.05) is 19.7 Å². The highest BCUT2D eigenvalue weighted by molar-refractivity contribution is 5.76. The van der Waals surface area contributed by atoms with Crippen LogP contribution < -0.4 is 5.56 Å². The normalized spacial score (nSPS) is 22.8. The van der Waals surface area contributed by atoms with E-state index in [9.17, 15) is 14.7 Å². The summed E-state index contributed by atoms with van der Waals surface area (Å²) >= 11 is 0. The molecule has 2 heterocycles. The van der Waals surface area contributed by atoms with Gasteiger partial charge in [0.05, 0.1) is 6.10 Å². The van der Waals surface area contributed by atoms with E-state index in [0.717, 1.165) is 0 Å². The summed E-state index contributed by atoms with van der Waals surface area (Å²) in [5.74, 6) is -0.216. The van der Waals surface area contributed by atoms with E-state index in [1.54, 1.807) is 23.2 Å². The van der Waals surface area contributed by atoms with Crippen molar-refractivity contribution < 1.29 is 15.0 Å². The third-order valence-electron chi connectivity index (χ3n) is 3.77. The lowest BCUT2D eigenvalue weighted by Crippen LogP contribution is -2.47. The number of β-amino-alcohol motifs (C(OH)–C–C–N with tert-alkyl or cyclic N) is 1. The number of piperidine rings is 1. The van der Waals surface area contributed by atoms with E-state index in [1.807, 2.05) is 0 Å². The Hall–Kier alpha value is -1.66. The number of carbonyl (C=O) groups is 1. The van der Waals surface area contributed by atoms with Crippen LogP contribution in [0.1, 0.15) is 12.8 Å². The number of rotatable bonds is 4. The Labute approximate surface area is 117 Å². The Balaban J connectivity index is 1.87. The van der Waals surface area contributed by atoms with Crippen molar-refractivity contribution in [3.8, 4) is 0 Å². The first-order valence-electron chi connectivity index (χ1n) is 6.84. The molecule has 1 aliphatic rings. The molecule has 0 aromatic carbocycles. The summed E-state index contributed by atoms with van der Waals surface area (Å²) in [5.41, 5.74) is -0.126. The summed E-state index contributed by atoms with van der Waals surface area (Å²) in [6, 6.07) is 4.88. The van der Waals surface area contributed by atoms with Gasteiger partial charge in [-0.1, -0.05) is 6.07 Å². The molecule has 0 unspecified atom stereocenters. The van der Waals surface area contributed by atoms with Gasteiger partial charge in [-0.3, -0.25) is 9.59 Å². The Kier molecular flexibility index (Phi) is 4.92.